The van der Waals surface area contributed by atoms with Crippen LogP contribution in [0.1, 0.15) is 45.9 Å². The first-order valence-corrected chi connectivity index (χ1v) is 7.23. The number of anilines is 1. The highest BCUT2D eigenvalue weighted by molar-refractivity contribution is 5.32. The summed E-state index contributed by atoms with van der Waals surface area (Å²) in [7, 11) is 0. The highest BCUT2D eigenvalue weighted by Crippen LogP contribution is 2.35. The minimum atomic E-state index is 0.248. The minimum Gasteiger partial charge on any atom is -0.474 e. The van der Waals surface area contributed by atoms with Crippen LogP contribution in [0.2, 0.25) is 0 Å². The van der Waals surface area contributed by atoms with Crippen LogP contribution in [0.5, 0.6) is 5.88 Å². The standard InChI is InChI=1S/C15H25N3O/c1-9(2)12-6-5-10(3)7-13(12)19-15-8-14(16)17-11(4)18-15/h8-10,12-13H,5-7H2,1-4H3,(H2,16,17,18). The Balaban J connectivity index is 2.13. The lowest BCUT2D eigenvalue weighted by Gasteiger charge is -2.37. The first-order chi connectivity index (χ1) is 8.95. The van der Waals surface area contributed by atoms with Gasteiger partial charge in [-0.3, -0.25) is 0 Å². The molecular weight excluding hydrogens is 238 g/mol. The quantitative estimate of drug-likeness (QED) is 0.909. The van der Waals surface area contributed by atoms with Gasteiger partial charge in [-0.05, 0) is 37.5 Å². The van der Waals surface area contributed by atoms with Gasteiger partial charge in [0.05, 0.1) is 0 Å². The molecule has 0 bridgehead atoms. The van der Waals surface area contributed by atoms with Crippen molar-refractivity contribution < 1.29 is 4.74 Å². The molecular formula is C15H25N3O. The summed E-state index contributed by atoms with van der Waals surface area (Å²) < 4.78 is 6.13. The number of ether oxygens (including phenoxy) is 1. The lowest BCUT2D eigenvalue weighted by molar-refractivity contribution is 0.0425. The molecule has 2 N–H and O–H groups in total. The van der Waals surface area contributed by atoms with Crippen LogP contribution in [0.15, 0.2) is 6.07 Å². The maximum atomic E-state index is 6.13. The highest BCUT2D eigenvalue weighted by Gasteiger charge is 2.32. The van der Waals surface area contributed by atoms with Gasteiger partial charge in [0.15, 0.2) is 0 Å². The lowest BCUT2D eigenvalue weighted by atomic mass is 9.75. The summed E-state index contributed by atoms with van der Waals surface area (Å²) in [5, 5.41) is 0. The van der Waals surface area contributed by atoms with Crippen LogP contribution in [0.4, 0.5) is 5.82 Å². The third-order valence-electron chi connectivity index (χ3n) is 4.07. The molecule has 1 saturated carbocycles. The molecule has 0 spiro atoms. The molecule has 0 aromatic carbocycles. The zero-order valence-electron chi connectivity index (χ0n) is 12.4. The summed E-state index contributed by atoms with van der Waals surface area (Å²) in [5.74, 6) is 3.73. The molecule has 1 fully saturated rings. The van der Waals surface area contributed by atoms with Gasteiger partial charge in [0, 0.05) is 6.07 Å². The minimum absolute atomic E-state index is 0.248. The Kier molecular flexibility index (Phi) is 4.27. The Morgan fingerprint density at radius 1 is 1.32 bits per heavy atom. The fraction of sp³-hybridized carbons (Fsp3) is 0.733. The number of hydrogen-bond acceptors (Lipinski definition) is 4. The second-order valence-corrected chi connectivity index (χ2v) is 6.16. The SMILES string of the molecule is Cc1nc(N)cc(OC2CC(C)CCC2C(C)C)n1. The van der Waals surface area contributed by atoms with E-state index in [1.54, 1.807) is 6.07 Å². The summed E-state index contributed by atoms with van der Waals surface area (Å²) >= 11 is 0. The molecule has 2 rings (SSSR count). The zero-order valence-corrected chi connectivity index (χ0v) is 12.4. The molecule has 0 aliphatic heterocycles. The second-order valence-electron chi connectivity index (χ2n) is 6.16. The number of aryl methyl sites for hydroxylation is 1. The van der Waals surface area contributed by atoms with E-state index in [1.807, 2.05) is 6.92 Å². The number of nitrogen functional groups attached to an aromatic ring is 1. The van der Waals surface area contributed by atoms with E-state index in [9.17, 15) is 0 Å². The van der Waals surface area contributed by atoms with Crippen LogP contribution < -0.4 is 10.5 Å². The smallest absolute Gasteiger partial charge is 0.218 e. The molecule has 1 aromatic rings. The molecule has 3 atom stereocenters. The van der Waals surface area contributed by atoms with Crippen molar-refractivity contribution in [2.75, 3.05) is 5.73 Å². The largest absolute Gasteiger partial charge is 0.474 e. The van der Waals surface area contributed by atoms with Gasteiger partial charge in [-0.15, -0.1) is 0 Å². The predicted octanol–water partition coefficient (Wildman–Crippen LogP) is 3.21. The van der Waals surface area contributed by atoms with Crippen molar-refractivity contribution in [1.82, 2.24) is 9.97 Å². The van der Waals surface area contributed by atoms with Gasteiger partial charge in [-0.2, -0.15) is 4.98 Å². The van der Waals surface area contributed by atoms with Crippen LogP contribution in [-0.4, -0.2) is 16.1 Å². The van der Waals surface area contributed by atoms with Gasteiger partial charge < -0.3 is 10.5 Å². The Hall–Kier alpha value is -1.32. The molecule has 3 unspecified atom stereocenters. The van der Waals surface area contributed by atoms with Crippen molar-refractivity contribution in [1.29, 1.82) is 0 Å². The Bertz CT molecular complexity index is 413. The molecule has 1 aromatic heterocycles. The van der Waals surface area contributed by atoms with E-state index in [-0.39, 0.29) is 6.10 Å². The highest BCUT2D eigenvalue weighted by atomic mass is 16.5. The van der Waals surface area contributed by atoms with E-state index < -0.39 is 0 Å². The van der Waals surface area contributed by atoms with Crippen LogP contribution in [0, 0.1) is 24.7 Å². The summed E-state index contributed by atoms with van der Waals surface area (Å²) in [6.45, 7) is 8.69. The summed E-state index contributed by atoms with van der Waals surface area (Å²) in [5.41, 5.74) is 5.76. The number of nitrogens with zero attached hydrogens (tertiary/aromatic N) is 2. The average molecular weight is 263 g/mol. The molecule has 0 radical (unpaired) electrons. The zero-order chi connectivity index (χ0) is 14.0. The normalized spacial score (nSPS) is 27.5. The van der Waals surface area contributed by atoms with Crippen LogP contribution in [-0.2, 0) is 0 Å². The number of aromatic nitrogens is 2. The topological polar surface area (TPSA) is 61.0 Å². The molecule has 4 nitrogen and oxygen atoms in total. The van der Waals surface area contributed by atoms with E-state index in [0.717, 1.165) is 12.3 Å². The fourth-order valence-corrected chi connectivity index (χ4v) is 3.03. The van der Waals surface area contributed by atoms with Gasteiger partial charge in [0.2, 0.25) is 5.88 Å². The molecule has 106 valence electrons. The third-order valence-corrected chi connectivity index (χ3v) is 4.07. The maximum Gasteiger partial charge on any atom is 0.218 e. The van der Waals surface area contributed by atoms with Crippen molar-refractivity contribution in [3.63, 3.8) is 0 Å². The Labute approximate surface area is 115 Å². The molecule has 1 aliphatic rings. The van der Waals surface area contributed by atoms with Gasteiger partial charge in [-0.1, -0.05) is 27.2 Å². The van der Waals surface area contributed by atoms with E-state index in [2.05, 4.69) is 30.7 Å². The first-order valence-electron chi connectivity index (χ1n) is 7.23. The van der Waals surface area contributed by atoms with E-state index >= 15 is 0 Å². The van der Waals surface area contributed by atoms with Gasteiger partial charge >= 0.3 is 0 Å². The van der Waals surface area contributed by atoms with E-state index in [1.165, 1.54) is 12.8 Å². The lowest BCUT2D eigenvalue weighted by Crippen LogP contribution is -2.36. The van der Waals surface area contributed by atoms with Gasteiger partial charge in [0.25, 0.3) is 0 Å². The van der Waals surface area contributed by atoms with Crippen LogP contribution in [0.3, 0.4) is 0 Å². The van der Waals surface area contributed by atoms with E-state index in [0.29, 0.717) is 29.4 Å². The molecule has 1 aliphatic carbocycles. The molecule has 19 heavy (non-hydrogen) atoms. The second kappa shape index (κ2) is 5.76. The molecule has 0 amide bonds. The number of nitrogens with two attached hydrogens (primary N) is 1. The molecule has 4 heteroatoms. The van der Waals surface area contributed by atoms with Gasteiger partial charge in [0.1, 0.15) is 17.7 Å². The molecule has 0 saturated heterocycles. The Morgan fingerprint density at radius 3 is 2.68 bits per heavy atom. The van der Waals surface area contributed by atoms with Crippen molar-refractivity contribution in [2.24, 2.45) is 17.8 Å². The summed E-state index contributed by atoms with van der Waals surface area (Å²) in [4.78, 5) is 8.42. The summed E-state index contributed by atoms with van der Waals surface area (Å²) in [6.07, 6.45) is 3.89. The number of rotatable bonds is 3. The fourth-order valence-electron chi connectivity index (χ4n) is 3.03. The molecule has 1 heterocycles. The third kappa shape index (κ3) is 3.58. The van der Waals surface area contributed by atoms with Gasteiger partial charge in [-0.25, -0.2) is 4.98 Å². The predicted molar refractivity (Wildman–Crippen MR) is 76.9 cm³/mol. The van der Waals surface area contributed by atoms with Crippen molar-refractivity contribution in [3.05, 3.63) is 11.9 Å². The van der Waals surface area contributed by atoms with Crippen LogP contribution >= 0.6 is 0 Å². The van der Waals surface area contributed by atoms with Crippen molar-refractivity contribution >= 4 is 5.82 Å². The average Bonchev–Trinajstić information content (AvgIpc) is 2.26. The monoisotopic (exact) mass is 263 g/mol. The summed E-state index contributed by atoms with van der Waals surface area (Å²) in [6, 6.07) is 1.73. The van der Waals surface area contributed by atoms with Crippen molar-refractivity contribution in [3.8, 4) is 5.88 Å². The first kappa shape index (κ1) is 14.1. The maximum absolute atomic E-state index is 6.13. The Morgan fingerprint density at radius 2 is 2.05 bits per heavy atom. The number of hydrogen-bond donors (Lipinski definition) is 1. The van der Waals surface area contributed by atoms with E-state index in [4.69, 9.17) is 10.5 Å². The van der Waals surface area contributed by atoms with Crippen LogP contribution in [0.25, 0.3) is 0 Å². The van der Waals surface area contributed by atoms with Crippen molar-refractivity contribution in [2.45, 2.75) is 53.1 Å².